The zero-order valence-electron chi connectivity index (χ0n) is 21.6. The van der Waals surface area contributed by atoms with Crippen LogP contribution in [0.4, 0.5) is 0 Å². The number of fused-ring (bicyclic) bond motifs is 1. The van der Waals surface area contributed by atoms with Crippen LogP contribution in [0.25, 0.3) is 10.9 Å². The van der Waals surface area contributed by atoms with Gasteiger partial charge in [0.2, 0.25) is 11.8 Å². The smallest absolute Gasteiger partial charge is 0.237 e. The molecule has 0 bridgehead atoms. The van der Waals surface area contributed by atoms with Gasteiger partial charge in [-0.15, -0.1) is 0 Å². The summed E-state index contributed by atoms with van der Waals surface area (Å²) in [6.45, 7) is 3.74. The summed E-state index contributed by atoms with van der Waals surface area (Å²) in [5, 5.41) is 3.85. The van der Waals surface area contributed by atoms with Gasteiger partial charge in [0.15, 0.2) is 5.78 Å². The molecule has 2 heterocycles. The second-order valence-electron chi connectivity index (χ2n) is 9.71. The first-order valence-electron chi connectivity index (χ1n) is 13.2. The van der Waals surface area contributed by atoms with Crippen molar-refractivity contribution in [1.82, 2.24) is 20.1 Å². The van der Waals surface area contributed by atoms with Crippen LogP contribution >= 0.6 is 0 Å². The van der Waals surface area contributed by atoms with E-state index in [0.717, 1.165) is 42.4 Å². The Balaban J connectivity index is 1.63. The first kappa shape index (κ1) is 28.6. The molecule has 0 saturated carbocycles. The molecule has 1 fully saturated rings. The standard InChI is InChI=1S/C27H41N7O3/c28-10-14-34(15-11-29)26(36)9-8-22(30)27(37)32-24(19-33-12-4-1-5-13-33)25(35)17-20-16-21-6-2-3-7-23(21)31-18-20/h2-3,6-7,16,18,22,24H,1,4-5,8-15,17,19,28-30H2,(H,32,37)/t22-,24?/m0/s1. The minimum Gasteiger partial charge on any atom is -0.344 e. The summed E-state index contributed by atoms with van der Waals surface area (Å²) < 4.78 is 0. The molecule has 0 aliphatic carbocycles. The molecule has 37 heavy (non-hydrogen) atoms. The number of pyridine rings is 1. The Kier molecular flexibility index (Phi) is 11.4. The van der Waals surface area contributed by atoms with Crippen LogP contribution in [0.15, 0.2) is 36.5 Å². The summed E-state index contributed by atoms with van der Waals surface area (Å²) >= 11 is 0. The van der Waals surface area contributed by atoms with E-state index in [1.54, 1.807) is 11.1 Å². The van der Waals surface area contributed by atoms with Crippen molar-refractivity contribution in [2.75, 3.05) is 45.8 Å². The molecular formula is C27H41N7O3. The topological polar surface area (TPSA) is 161 Å². The largest absolute Gasteiger partial charge is 0.344 e. The molecular weight excluding hydrogens is 470 g/mol. The van der Waals surface area contributed by atoms with Gasteiger partial charge in [0.25, 0.3) is 0 Å². The number of piperidine rings is 1. The van der Waals surface area contributed by atoms with Crippen LogP contribution in [0.5, 0.6) is 0 Å². The Morgan fingerprint density at radius 2 is 1.76 bits per heavy atom. The number of rotatable bonds is 14. The fourth-order valence-corrected chi connectivity index (χ4v) is 4.69. The maximum Gasteiger partial charge on any atom is 0.237 e. The molecule has 1 aromatic carbocycles. The molecule has 0 radical (unpaired) electrons. The Bertz CT molecular complexity index is 1040. The number of likely N-dealkylation sites (tertiary alicyclic amines) is 1. The first-order valence-corrected chi connectivity index (χ1v) is 13.2. The number of carbonyl (C=O) groups excluding carboxylic acids is 3. The third-order valence-corrected chi connectivity index (χ3v) is 6.78. The van der Waals surface area contributed by atoms with Crippen LogP contribution in [0.1, 0.15) is 37.7 Å². The highest BCUT2D eigenvalue weighted by Gasteiger charge is 2.27. The lowest BCUT2D eigenvalue weighted by molar-refractivity contribution is -0.132. The number of Topliss-reactive ketones (excluding diaryl/α,β-unsaturated/α-hetero) is 1. The van der Waals surface area contributed by atoms with E-state index in [4.69, 9.17) is 17.2 Å². The van der Waals surface area contributed by atoms with E-state index in [0.29, 0.717) is 32.7 Å². The number of nitrogens with zero attached hydrogens (tertiary/aromatic N) is 3. The van der Waals surface area contributed by atoms with E-state index in [1.165, 1.54) is 6.42 Å². The number of aromatic nitrogens is 1. The quantitative estimate of drug-likeness (QED) is 0.279. The Morgan fingerprint density at radius 1 is 1.05 bits per heavy atom. The zero-order chi connectivity index (χ0) is 26.6. The number of ketones is 1. The molecule has 3 rings (SSSR count). The third kappa shape index (κ3) is 8.85. The van der Waals surface area contributed by atoms with Crippen LogP contribution in [-0.4, -0.2) is 90.3 Å². The van der Waals surface area contributed by atoms with Gasteiger partial charge in [-0.25, -0.2) is 0 Å². The summed E-state index contributed by atoms with van der Waals surface area (Å²) in [5.41, 5.74) is 19.0. The van der Waals surface area contributed by atoms with Gasteiger partial charge in [-0.3, -0.25) is 19.4 Å². The fraction of sp³-hybridized carbons (Fsp3) is 0.556. The van der Waals surface area contributed by atoms with Crippen LogP contribution in [0, 0.1) is 0 Å². The molecule has 10 heteroatoms. The molecule has 2 atom stereocenters. The van der Waals surface area contributed by atoms with Gasteiger partial charge in [-0.1, -0.05) is 24.6 Å². The molecule has 1 aliphatic heterocycles. The summed E-state index contributed by atoms with van der Waals surface area (Å²) in [7, 11) is 0. The molecule has 0 spiro atoms. The number of carbonyl (C=O) groups is 3. The average molecular weight is 512 g/mol. The van der Waals surface area contributed by atoms with Crippen molar-refractivity contribution in [3.8, 4) is 0 Å². The maximum atomic E-state index is 13.4. The third-order valence-electron chi connectivity index (χ3n) is 6.78. The van der Waals surface area contributed by atoms with Crippen LogP contribution in [0.3, 0.4) is 0 Å². The van der Waals surface area contributed by atoms with Gasteiger partial charge in [0, 0.05) is 57.1 Å². The molecule has 1 unspecified atom stereocenters. The van der Waals surface area contributed by atoms with Gasteiger partial charge in [-0.05, 0) is 50.0 Å². The van der Waals surface area contributed by atoms with E-state index in [9.17, 15) is 14.4 Å². The second-order valence-corrected chi connectivity index (χ2v) is 9.71. The lowest BCUT2D eigenvalue weighted by Crippen LogP contribution is -2.54. The Morgan fingerprint density at radius 3 is 2.46 bits per heavy atom. The number of nitrogens with one attached hydrogen (secondary N) is 1. The Labute approximate surface area is 218 Å². The maximum absolute atomic E-state index is 13.4. The number of benzene rings is 1. The lowest BCUT2D eigenvalue weighted by Gasteiger charge is -2.31. The van der Waals surface area contributed by atoms with Crippen molar-refractivity contribution in [3.05, 3.63) is 42.1 Å². The monoisotopic (exact) mass is 511 g/mol. The van der Waals surface area contributed by atoms with Crippen molar-refractivity contribution in [2.45, 2.75) is 50.6 Å². The van der Waals surface area contributed by atoms with E-state index < -0.39 is 18.0 Å². The number of nitrogens with two attached hydrogens (primary N) is 3. The summed E-state index contributed by atoms with van der Waals surface area (Å²) in [6.07, 6.45) is 5.50. The molecule has 1 aliphatic rings. The number of amides is 2. The second kappa shape index (κ2) is 14.7. The van der Waals surface area contributed by atoms with E-state index >= 15 is 0 Å². The summed E-state index contributed by atoms with van der Waals surface area (Å²) in [4.78, 5) is 47.1. The highest BCUT2D eigenvalue weighted by molar-refractivity contribution is 5.92. The minimum atomic E-state index is -0.902. The summed E-state index contributed by atoms with van der Waals surface area (Å²) in [5.74, 6) is -0.649. The van der Waals surface area contributed by atoms with Crippen molar-refractivity contribution in [1.29, 1.82) is 0 Å². The van der Waals surface area contributed by atoms with Crippen LogP contribution < -0.4 is 22.5 Å². The molecule has 1 saturated heterocycles. The zero-order valence-corrected chi connectivity index (χ0v) is 21.6. The summed E-state index contributed by atoms with van der Waals surface area (Å²) in [6, 6.07) is 8.13. The Hall–Kier alpha value is -2.92. The van der Waals surface area contributed by atoms with Gasteiger partial charge in [0.05, 0.1) is 11.6 Å². The van der Waals surface area contributed by atoms with E-state index in [1.807, 2.05) is 30.3 Å². The minimum absolute atomic E-state index is 0.0867. The van der Waals surface area contributed by atoms with Crippen molar-refractivity contribution in [3.63, 3.8) is 0 Å². The van der Waals surface area contributed by atoms with Crippen LogP contribution in [-0.2, 0) is 20.8 Å². The van der Waals surface area contributed by atoms with Gasteiger partial charge in [-0.2, -0.15) is 0 Å². The van der Waals surface area contributed by atoms with Gasteiger partial charge in [0.1, 0.15) is 6.04 Å². The number of hydrogen-bond donors (Lipinski definition) is 4. The normalized spacial score (nSPS) is 15.8. The average Bonchev–Trinajstić information content (AvgIpc) is 2.91. The van der Waals surface area contributed by atoms with Crippen molar-refractivity contribution in [2.24, 2.45) is 17.2 Å². The fourth-order valence-electron chi connectivity index (χ4n) is 4.69. The highest BCUT2D eigenvalue weighted by Crippen LogP contribution is 2.15. The number of para-hydroxylation sites is 1. The van der Waals surface area contributed by atoms with Crippen molar-refractivity contribution < 1.29 is 14.4 Å². The molecule has 202 valence electrons. The molecule has 7 N–H and O–H groups in total. The molecule has 2 aromatic rings. The predicted octanol–water partition coefficient (Wildman–Crippen LogP) is 0.171. The predicted molar refractivity (Wildman–Crippen MR) is 145 cm³/mol. The highest BCUT2D eigenvalue weighted by atomic mass is 16.2. The molecule has 2 amide bonds. The lowest BCUT2D eigenvalue weighted by atomic mass is 10.0. The van der Waals surface area contributed by atoms with Gasteiger partial charge < -0.3 is 32.3 Å². The van der Waals surface area contributed by atoms with Crippen molar-refractivity contribution >= 4 is 28.5 Å². The van der Waals surface area contributed by atoms with Gasteiger partial charge >= 0.3 is 0 Å². The molecule has 10 nitrogen and oxygen atoms in total. The SMILES string of the molecule is NCCN(CCN)C(=O)CC[C@H](N)C(=O)NC(CN1CCCCC1)C(=O)Cc1cnc2ccccc2c1. The molecule has 1 aromatic heterocycles. The van der Waals surface area contributed by atoms with E-state index in [-0.39, 0.29) is 31.0 Å². The van der Waals surface area contributed by atoms with E-state index in [2.05, 4.69) is 15.2 Å². The van der Waals surface area contributed by atoms with Crippen LogP contribution in [0.2, 0.25) is 0 Å². The number of hydrogen-bond acceptors (Lipinski definition) is 8. The first-order chi connectivity index (χ1) is 17.9.